The van der Waals surface area contributed by atoms with Gasteiger partial charge in [0.15, 0.2) is 5.96 Å². The molecule has 0 aromatic rings. The number of guanidine groups is 1. The van der Waals surface area contributed by atoms with Gasteiger partial charge in [0.1, 0.15) is 0 Å². The molecule has 1 saturated carbocycles. The molecule has 150 valence electrons. The standard InChI is InChI=1S/C20H39N5O/c1-17-8-14-25(15-9-17)13-7-12-22-19(21-2)23-16-20(10-5-6-11-20)18(26)24(3)4/h17H,5-16H2,1-4H3,(H2,21,22,23). The quantitative estimate of drug-likeness (QED) is 0.411. The Bertz CT molecular complexity index is 463. The minimum Gasteiger partial charge on any atom is -0.356 e. The SMILES string of the molecule is CN=C(NCCCN1CCC(C)CC1)NCC1(C(=O)N(C)C)CCCC1. The molecule has 0 spiro atoms. The molecular weight excluding hydrogens is 326 g/mol. The van der Waals surface area contributed by atoms with Crippen molar-refractivity contribution < 1.29 is 4.79 Å². The van der Waals surface area contributed by atoms with Crippen LogP contribution in [0.4, 0.5) is 0 Å². The van der Waals surface area contributed by atoms with E-state index in [-0.39, 0.29) is 11.3 Å². The van der Waals surface area contributed by atoms with Crippen LogP contribution in [0.1, 0.15) is 51.9 Å². The minimum absolute atomic E-state index is 0.247. The largest absolute Gasteiger partial charge is 0.356 e. The van der Waals surface area contributed by atoms with Crippen LogP contribution in [0.25, 0.3) is 0 Å². The molecule has 1 amide bonds. The average molecular weight is 366 g/mol. The molecule has 1 aliphatic heterocycles. The van der Waals surface area contributed by atoms with Crippen molar-refractivity contribution in [3.8, 4) is 0 Å². The van der Waals surface area contributed by atoms with Crippen molar-refractivity contribution in [3.05, 3.63) is 0 Å². The van der Waals surface area contributed by atoms with Crippen molar-refractivity contribution in [1.29, 1.82) is 0 Å². The van der Waals surface area contributed by atoms with E-state index >= 15 is 0 Å². The summed E-state index contributed by atoms with van der Waals surface area (Å²) in [5.74, 6) is 1.95. The lowest BCUT2D eigenvalue weighted by Crippen LogP contribution is -2.49. The Balaban J connectivity index is 1.71. The number of rotatable bonds is 7. The normalized spacial score (nSPS) is 21.6. The molecule has 0 aromatic heterocycles. The summed E-state index contributed by atoms with van der Waals surface area (Å²) in [5.41, 5.74) is -0.258. The van der Waals surface area contributed by atoms with E-state index in [1.165, 1.54) is 25.9 Å². The van der Waals surface area contributed by atoms with Gasteiger partial charge in [0, 0.05) is 34.2 Å². The van der Waals surface area contributed by atoms with Gasteiger partial charge in [-0.3, -0.25) is 9.79 Å². The minimum atomic E-state index is -0.258. The van der Waals surface area contributed by atoms with Crippen molar-refractivity contribution in [2.75, 3.05) is 53.9 Å². The van der Waals surface area contributed by atoms with Crippen LogP contribution >= 0.6 is 0 Å². The first kappa shape index (κ1) is 21.0. The summed E-state index contributed by atoms with van der Waals surface area (Å²) in [6.07, 6.45) is 8.01. The van der Waals surface area contributed by atoms with Crippen LogP contribution in [0, 0.1) is 11.3 Å². The van der Waals surface area contributed by atoms with Crippen LogP contribution in [0.3, 0.4) is 0 Å². The van der Waals surface area contributed by atoms with Gasteiger partial charge >= 0.3 is 0 Å². The van der Waals surface area contributed by atoms with Crippen molar-refractivity contribution >= 4 is 11.9 Å². The second kappa shape index (κ2) is 10.1. The fourth-order valence-corrected chi connectivity index (χ4v) is 4.26. The van der Waals surface area contributed by atoms with E-state index < -0.39 is 0 Å². The molecule has 0 aromatic carbocycles. The number of carbonyl (C=O) groups excluding carboxylic acids is 1. The molecule has 1 aliphatic carbocycles. The maximum Gasteiger partial charge on any atom is 0.230 e. The topological polar surface area (TPSA) is 60.0 Å². The first-order valence-corrected chi connectivity index (χ1v) is 10.4. The van der Waals surface area contributed by atoms with Gasteiger partial charge in [-0.25, -0.2) is 0 Å². The number of carbonyl (C=O) groups is 1. The second-order valence-corrected chi connectivity index (χ2v) is 8.42. The Morgan fingerprint density at radius 3 is 2.42 bits per heavy atom. The van der Waals surface area contributed by atoms with Crippen molar-refractivity contribution in [1.82, 2.24) is 20.4 Å². The van der Waals surface area contributed by atoms with Crippen molar-refractivity contribution in [2.45, 2.75) is 51.9 Å². The van der Waals surface area contributed by atoms with Gasteiger partial charge in [-0.15, -0.1) is 0 Å². The summed E-state index contributed by atoms with van der Waals surface area (Å²) in [4.78, 5) is 21.3. The molecule has 2 fully saturated rings. The first-order valence-electron chi connectivity index (χ1n) is 10.4. The average Bonchev–Trinajstić information content (AvgIpc) is 3.12. The number of nitrogens with one attached hydrogen (secondary N) is 2. The van der Waals surface area contributed by atoms with Crippen LogP contribution in [0.15, 0.2) is 4.99 Å². The smallest absolute Gasteiger partial charge is 0.230 e. The van der Waals surface area contributed by atoms with E-state index in [4.69, 9.17) is 0 Å². The number of amides is 1. The molecule has 2 aliphatic rings. The fraction of sp³-hybridized carbons (Fsp3) is 0.900. The molecule has 2 N–H and O–H groups in total. The van der Waals surface area contributed by atoms with Crippen LogP contribution in [0.2, 0.25) is 0 Å². The maximum atomic E-state index is 12.6. The Hall–Kier alpha value is -1.30. The van der Waals surface area contributed by atoms with Gasteiger partial charge in [0.25, 0.3) is 0 Å². The molecular formula is C20H39N5O. The molecule has 0 radical (unpaired) electrons. The molecule has 1 heterocycles. The number of piperidine rings is 1. The van der Waals surface area contributed by atoms with E-state index in [0.717, 1.165) is 57.1 Å². The van der Waals surface area contributed by atoms with Gasteiger partial charge in [0.2, 0.25) is 5.91 Å². The van der Waals surface area contributed by atoms with Gasteiger partial charge in [0.05, 0.1) is 5.41 Å². The number of nitrogens with zero attached hydrogens (tertiary/aromatic N) is 3. The molecule has 0 bridgehead atoms. The zero-order valence-electron chi connectivity index (χ0n) is 17.3. The van der Waals surface area contributed by atoms with Crippen LogP contribution in [0.5, 0.6) is 0 Å². The maximum absolute atomic E-state index is 12.6. The van der Waals surface area contributed by atoms with E-state index in [1.54, 1.807) is 11.9 Å². The zero-order chi connectivity index (χ0) is 19.0. The van der Waals surface area contributed by atoms with Crippen LogP contribution in [-0.4, -0.2) is 75.5 Å². The Kier molecular flexibility index (Phi) is 8.19. The highest BCUT2D eigenvalue weighted by atomic mass is 16.2. The molecule has 0 unspecified atom stereocenters. The van der Waals surface area contributed by atoms with Gasteiger partial charge in [-0.2, -0.15) is 0 Å². The highest BCUT2D eigenvalue weighted by Gasteiger charge is 2.42. The molecule has 6 heteroatoms. The molecule has 6 nitrogen and oxygen atoms in total. The van der Waals surface area contributed by atoms with Gasteiger partial charge in [-0.05, 0) is 57.7 Å². The third-order valence-corrected chi connectivity index (χ3v) is 6.06. The molecule has 26 heavy (non-hydrogen) atoms. The van der Waals surface area contributed by atoms with E-state index in [1.807, 2.05) is 14.1 Å². The second-order valence-electron chi connectivity index (χ2n) is 8.42. The predicted molar refractivity (Wildman–Crippen MR) is 108 cm³/mol. The van der Waals surface area contributed by atoms with Crippen molar-refractivity contribution in [2.24, 2.45) is 16.3 Å². The van der Waals surface area contributed by atoms with Crippen LogP contribution in [-0.2, 0) is 4.79 Å². The van der Waals surface area contributed by atoms with E-state index in [9.17, 15) is 4.79 Å². The summed E-state index contributed by atoms with van der Waals surface area (Å²) in [5, 5.41) is 6.82. The lowest BCUT2D eigenvalue weighted by Gasteiger charge is -2.31. The number of aliphatic imine (C=N–C) groups is 1. The first-order chi connectivity index (χ1) is 12.5. The monoisotopic (exact) mass is 365 g/mol. The van der Waals surface area contributed by atoms with Gasteiger partial charge in [-0.1, -0.05) is 19.8 Å². The number of hydrogen-bond acceptors (Lipinski definition) is 3. The summed E-state index contributed by atoms with van der Waals surface area (Å²) < 4.78 is 0. The summed E-state index contributed by atoms with van der Waals surface area (Å²) >= 11 is 0. The summed E-state index contributed by atoms with van der Waals surface area (Å²) in [6, 6.07) is 0. The summed E-state index contributed by atoms with van der Waals surface area (Å²) in [6.45, 7) is 7.58. The van der Waals surface area contributed by atoms with E-state index in [0.29, 0.717) is 6.54 Å². The third-order valence-electron chi connectivity index (χ3n) is 6.06. The highest BCUT2D eigenvalue weighted by Crippen LogP contribution is 2.38. The van der Waals surface area contributed by atoms with Gasteiger partial charge < -0.3 is 20.4 Å². The molecule has 0 atom stereocenters. The van der Waals surface area contributed by atoms with Crippen LogP contribution < -0.4 is 10.6 Å². The summed E-state index contributed by atoms with van der Waals surface area (Å²) in [7, 11) is 5.52. The Morgan fingerprint density at radius 2 is 1.85 bits per heavy atom. The zero-order valence-corrected chi connectivity index (χ0v) is 17.3. The Labute approximate surface area is 159 Å². The lowest BCUT2D eigenvalue weighted by molar-refractivity contribution is -0.138. The lowest BCUT2D eigenvalue weighted by atomic mass is 9.84. The third kappa shape index (κ3) is 5.86. The number of likely N-dealkylation sites (tertiary alicyclic amines) is 1. The number of hydrogen-bond donors (Lipinski definition) is 2. The predicted octanol–water partition coefficient (Wildman–Crippen LogP) is 1.92. The van der Waals surface area contributed by atoms with E-state index in [2.05, 4.69) is 27.4 Å². The molecule has 1 saturated heterocycles. The fourth-order valence-electron chi connectivity index (χ4n) is 4.26. The molecule has 2 rings (SSSR count). The van der Waals surface area contributed by atoms with Crippen molar-refractivity contribution in [3.63, 3.8) is 0 Å². The Morgan fingerprint density at radius 1 is 1.19 bits per heavy atom. The highest BCUT2D eigenvalue weighted by molar-refractivity contribution is 5.85.